The first-order valence-electron chi connectivity index (χ1n) is 8.52. The molecule has 0 N–H and O–H groups in total. The van der Waals surface area contributed by atoms with Crippen LogP contribution in [0.4, 0.5) is 0 Å². The van der Waals surface area contributed by atoms with Crippen molar-refractivity contribution >= 4 is 0 Å². The molecule has 5 radical (unpaired) electrons. The summed E-state index contributed by atoms with van der Waals surface area (Å²) >= 11 is 0. The summed E-state index contributed by atoms with van der Waals surface area (Å²) in [5, 5.41) is 0. The first-order valence-corrected chi connectivity index (χ1v) is 8.52. The Morgan fingerprint density at radius 3 is 2.32 bits per heavy atom. The van der Waals surface area contributed by atoms with Crippen molar-refractivity contribution in [2.75, 3.05) is 0 Å². The molecular weight excluding hydrogens is 264 g/mol. The van der Waals surface area contributed by atoms with Gasteiger partial charge < -0.3 is 0 Å². The molecule has 0 nitrogen and oxygen atoms in total. The van der Waals surface area contributed by atoms with Crippen molar-refractivity contribution in [1.29, 1.82) is 0 Å². The molecule has 0 aliphatic heterocycles. The summed E-state index contributed by atoms with van der Waals surface area (Å²) in [6.07, 6.45) is 20.2. The van der Waals surface area contributed by atoms with Crippen LogP contribution >= 0.6 is 0 Å². The van der Waals surface area contributed by atoms with Crippen LogP contribution < -0.4 is 0 Å². The van der Waals surface area contributed by atoms with Gasteiger partial charge in [-0.3, -0.25) is 0 Å². The van der Waals surface area contributed by atoms with E-state index in [1.54, 1.807) is 5.92 Å². The highest BCUT2D eigenvalue weighted by Gasteiger charge is 2.49. The molecule has 0 saturated heterocycles. The highest BCUT2D eigenvalue weighted by molar-refractivity contribution is 5.66. The number of fused-ring (bicyclic) bond motifs is 1. The lowest BCUT2D eigenvalue weighted by Gasteiger charge is -2.45. The van der Waals surface area contributed by atoms with E-state index in [4.69, 9.17) is 0 Å². The van der Waals surface area contributed by atoms with E-state index in [1.807, 2.05) is 0 Å². The highest BCUT2D eigenvalue weighted by Crippen LogP contribution is 2.58. The monoisotopic (exact) mass is 287 g/mol. The number of rotatable bonds is 2. The van der Waals surface area contributed by atoms with E-state index >= 15 is 0 Å². The van der Waals surface area contributed by atoms with Gasteiger partial charge in [0.05, 0.1) is 0 Å². The van der Waals surface area contributed by atoms with Crippen LogP contribution in [0.15, 0.2) is 48.6 Å². The second kappa shape index (κ2) is 5.72. The van der Waals surface area contributed by atoms with Gasteiger partial charge in [0, 0.05) is 23.2 Å². The van der Waals surface area contributed by atoms with Crippen LogP contribution in [-0.4, -0.2) is 0 Å². The zero-order chi connectivity index (χ0) is 15.0. The Balaban J connectivity index is 1.73. The molecule has 3 aliphatic carbocycles. The van der Waals surface area contributed by atoms with Gasteiger partial charge in [0.15, 0.2) is 0 Å². The molecule has 0 amide bonds. The lowest BCUT2D eigenvalue weighted by Crippen LogP contribution is -2.37. The summed E-state index contributed by atoms with van der Waals surface area (Å²) in [5.74, 6) is 4.38. The molecular formula is C22H23. The average molecular weight is 287 g/mol. The van der Waals surface area contributed by atoms with Crippen LogP contribution in [0.1, 0.15) is 43.2 Å². The van der Waals surface area contributed by atoms with Crippen LogP contribution in [0.25, 0.3) is 0 Å². The van der Waals surface area contributed by atoms with Crippen molar-refractivity contribution in [3.63, 3.8) is 0 Å². The summed E-state index contributed by atoms with van der Waals surface area (Å²) in [4.78, 5) is 0. The predicted molar refractivity (Wildman–Crippen MR) is 92.6 cm³/mol. The molecule has 0 atom stereocenters. The molecule has 0 bridgehead atoms. The van der Waals surface area contributed by atoms with Crippen molar-refractivity contribution in [2.45, 2.75) is 44.4 Å². The topological polar surface area (TPSA) is 0 Å². The molecule has 3 aliphatic rings. The molecule has 0 heteroatoms. The molecule has 4 rings (SSSR count). The van der Waals surface area contributed by atoms with Gasteiger partial charge in [0.25, 0.3) is 0 Å². The van der Waals surface area contributed by atoms with Crippen molar-refractivity contribution in [3.8, 4) is 0 Å². The van der Waals surface area contributed by atoms with Gasteiger partial charge >= 0.3 is 0 Å². The quantitative estimate of drug-likeness (QED) is 0.676. The van der Waals surface area contributed by atoms with E-state index in [2.05, 4.69) is 68.3 Å². The molecule has 2 fully saturated rings. The van der Waals surface area contributed by atoms with E-state index in [0.717, 1.165) is 0 Å². The molecule has 2 saturated carbocycles. The average Bonchev–Trinajstić information content (AvgIpc) is 3.01. The highest BCUT2D eigenvalue weighted by atomic mass is 14.5. The molecule has 22 heavy (non-hydrogen) atoms. The Kier molecular flexibility index (Phi) is 3.72. The molecule has 1 aromatic rings. The van der Waals surface area contributed by atoms with Crippen molar-refractivity contribution in [2.24, 2.45) is 0 Å². The fraction of sp³-hybridized carbons (Fsp3) is 0.318. The van der Waals surface area contributed by atoms with Crippen LogP contribution in [-0.2, 0) is 5.41 Å². The number of aryl methyl sites for hydroxylation is 1. The zero-order valence-electron chi connectivity index (χ0n) is 13.3. The Labute approximate surface area is 135 Å². The number of hydrogen-bond acceptors (Lipinski definition) is 0. The predicted octanol–water partition coefficient (Wildman–Crippen LogP) is 5.47. The van der Waals surface area contributed by atoms with E-state index in [0.29, 0.717) is 0 Å². The normalized spacial score (nSPS) is 25.5. The first-order chi connectivity index (χ1) is 10.8. The second-order valence-electron chi connectivity index (χ2n) is 6.84. The van der Waals surface area contributed by atoms with Gasteiger partial charge in [-0.25, -0.2) is 0 Å². The third-order valence-electron chi connectivity index (χ3n) is 5.51. The third kappa shape index (κ3) is 2.28. The summed E-state index contributed by atoms with van der Waals surface area (Å²) < 4.78 is 0. The van der Waals surface area contributed by atoms with E-state index in [9.17, 15) is 0 Å². The minimum atomic E-state index is 0.217. The van der Waals surface area contributed by atoms with Gasteiger partial charge in [-0.05, 0) is 38.2 Å². The van der Waals surface area contributed by atoms with Gasteiger partial charge in [-0.15, -0.1) is 0 Å². The Morgan fingerprint density at radius 2 is 1.55 bits per heavy atom. The van der Waals surface area contributed by atoms with Gasteiger partial charge in [0.1, 0.15) is 0 Å². The fourth-order valence-corrected chi connectivity index (χ4v) is 4.31. The van der Waals surface area contributed by atoms with E-state index in [-0.39, 0.29) is 5.41 Å². The smallest absolute Gasteiger partial charge is 0.0167 e. The zero-order valence-corrected chi connectivity index (χ0v) is 13.3. The largest absolute Gasteiger partial charge is 0.0762 e. The Bertz CT molecular complexity index is 569. The number of allylic oxidation sites excluding steroid dienone is 4. The summed E-state index contributed by atoms with van der Waals surface area (Å²) in [7, 11) is 0. The summed E-state index contributed by atoms with van der Waals surface area (Å²) in [5.41, 5.74) is 3.07. The number of benzene rings is 1. The Hall–Kier alpha value is -1.30. The maximum atomic E-state index is 2.38. The van der Waals surface area contributed by atoms with Gasteiger partial charge in [-0.2, -0.15) is 0 Å². The van der Waals surface area contributed by atoms with Gasteiger partial charge in [-0.1, -0.05) is 73.4 Å². The maximum absolute atomic E-state index is 2.38. The third-order valence-corrected chi connectivity index (χ3v) is 5.51. The minimum Gasteiger partial charge on any atom is -0.0762 e. The van der Waals surface area contributed by atoms with Crippen LogP contribution in [0.3, 0.4) is 0 Å². The fourth-order valence-electron chi connectivity index (χ4n) is 4.31. The molecule has 0 heterocycles. The Morgan fingerprint density at radius 1 is 0.818 bits per heavy atom. The first kappa shape index (κ1) is 14.3. The van der Waals surface area contributed by atoms with Crippen LogP contribution in [0, 0.1) is 37.5 Å². The molecule has 111 valence electrons. The summed E-state index contributed by atoms with van der Waals surface area (Å²) in [6.45, 7) is 2.18. The maximum Gasteiger partial charge on any atom is 0.0167 e. The summed E-state index contributed by atoms with van der Waals surface area (Å²) in [6, 6.07) is 9.28. The van der Waals surface area contributed by atoms with Crippen molar-refractivity contribution in [3.05, 3.63) is 90.3 Å². The molecule has 1 aromatic carbocycles. The van der Waals surface area contributed by atoms with E-state index < -0.39 is 0 Å². The van der Waals surface area contributed by atoms with Crippen LogP contribution in [0.2, 0.25) is 0 Å². The van der Waals surface area contributed by atoms with Crippen molar-refractivity contribution < 1.29 is 0 Å². The molecule has 0 unspecified atom stereocenters. The number of hydrogen-bond donors (Lipinski definition) is 0. The molecule has 0 spiro atoms. The van der Waals surface area contributed by atoms with Crippen molar-refractivity contribution in [1.82, 2.24) is 0 Å². The van der Waals surface area contributed by atoms with E-state index in [1.165, 1.54) is 55.1 Å². The SMILES string of the molecule is Cc1ccc(C2([C]3[CH][CH][C]4C=CC=C[C]43)CCCCC2)cc1. The minimum absolute atomic E-state index is 0.217. The second-order valence-corrected chi connectivity index (χ2v) is 6.84. The van der Waals surface area contributed by atoms with Crippen LogP contribution in [0.5, 0.6) is 0 Å². The van der Waals surface area contributed by atoms with Gasteiger partial charge in [0.2, 0.25) is 0 Å². The lowest BCUT2D eigenvalue weighted by molar-refractivity contribution is 0.315. The lowest BCUT2D eigenvalue weighted by atomic mass is 9.58. The standard InChI is InChI=1S/C22H23/c1-17-9-12-19(13-10-17)22(15-5-2-6-16-22)21-14-11-18-7-3-4-8-20(18)21/h3-4,7-14H,2,5-6,15-16H2,1H3. The molecule has 0 aromatic heterocycles.